The molecule has 0 saturated heterocycles. The maximum absolute atomic E-state index is 14.3. The van der Waals surface area contributed by atoms with E-state index in [9.17, 15) is 52.7 Å². The summed E-state index contributed by atoms with van der Waals surface area (Å²) in [6.45, 7) is 0. The van der Waals surface area contributed by atoms with Gasteiger partial charge in [-0.05, 0) is 162 Å². The van der Waals surface area contributed by atoms with Gasteiger partial charge in [0, 0.05) is 32.9 Å². The molecule has 0 radical (unpaired) electrons. The molecular weight excluding hydrogens is 1000 g/mol. The maximum Gasteiger partial charge on any atom is 0.416 e. The van der Waals surface area contributed by atoms with Crippen molar-refractivity contribution in [2.75, 3.05) is 0 Å². The van der Waals surface area contributed by atoms with Gasteiger partial charge in [0.1, 0.15) is 0 Å². The van der Waals surface area contributed by atoms with Gasteiger partial charge >= 0.3 is 24.7 Å². The highest BCUT2D eigenvalue weighted by molar-refractivity contribution is 6.26. The van der Waals surface area contributed by atoms with Crippen molar-refractivity contribution in [1.29, 1.82) is 0 Å². The van der Waals surface area contributed by atoms with E-state index in [0.717, 1.165) is 81.2 Å². The van der Waals surface area contributed by atoms with Crippen molar-refractivity contribution < 1.29 is 52.7 Å². The minimum atomic E-state index is -4.80. The molecule has 11 aromatic carbocycles. The van der Waals surface area contributed by atoms with Crippen molar-refractivity contribution >= 4 is 86.7 Å². The van der Waals surface area contributed by atoms with Crippen LogP contribution in [0.1, 0.15) is 22.3 Å². The average molecular weight is 1030 g/mol. The molecule has 0 N–H and O–H groups in total. The van der Waals surface area contributed by atoms with Gasteiger partial charge in [0.05, 0.1) is 44.3 Å². The molecule has 2 aromatic heterocycles. The Morgan fingerprint density at radius 3 is 0.855 bits per heavy atom. The lowest BCUT2D eigenvalue weighted by Gasteiger charge is -2.22. The SMILES string of the molecule is FC(F)(F)c1ccc2c(c1)c1cc(C(F)(F)F)ccc1n2-c1ccc2c(-c3cccc4ccccc34)c3cc(-n4c5ccc(C(F)(F)F)cc5c5cc(C(F)(F)F)ccc54)ccc3c(-c3cccc4ccccc34)c2c1. The summed E-state index contributed by atoms with van der Waals surface area (Å²) in [6, 6.07) is 50.1. The molecule has 0 atom stereocenters. The predicted molar refractivity (Wildman–Crippen MR) is 276 cm³/mol. The lowest BCUT2D eigenvalue weighted by molar-refractivity contribution is -0.138. The first-order valence-electron chi connectivity index (χ1n) is 23.7. The number of aromatic nitrogens is 2. The minimum Gasteiger partial charge on any atom is -0.309 e. The molecule has 0 aliphatic heterocycles. The van der Waals surface area contributed by atoms with Crippen LogP contribution in [0.3, 0.4) is 0 Å². The zero-order chi connectivity index (χ0) is 52.8. The zero-order valence-electron chi connectivity index (χ0n) is 38.9. The number of hydrogen-bond donors (Lipinski definition) is 0. The van der Waals surface area contributed by atoms with Crippen LogP contribution in [0.4, 0.5) is 52.7 Å². The van der Waals surface area contributed by atoms with E-state index in [1.165, 1.54) is 24.3 Å². The molecule has 0 saturated carbocycles. The van der Waals surface area contributed by atoms with Crippen molar-refractivity contribution in [3.05, 3.63) is 216 Å². The lowest BCUT2D eigenvalue weighted by Crippen LogP contribution is -2.04. The average Bonchev–Trinajstić information content (AvgIpc) is 4.02. The number of fused-ring (bicyclic) bond motifs is 10. The second-order valence-electron chi connectivity index (χ2n) is 18.9. The first-order chi connectivity index (χ1) is 36.2. The van der Waals surface area contributed by atoms with Gasteiger partial charge in [-0.3, -0.25) is 0 Å². The Hall–Kier alpha value is -8.78. The predicted octanol–water partition coefficient (Wildman–Crippen LogP) is 19.9. The van der Waals surface area contributed by atoms with Crippen LogP contribution in [-0.4, -0.2) is 9.13 Å². The van der Waals surface area contributed by atoms with E-state index in [-0.39, 0.29) is 43.6 Å². The summed E-state index contributed by atoms with van der Waals surface area (Å²) < 4.78 is 175. The third-order valence-corrected chi connectivity index (χ3v) is 14.6. The number of benzene rings is 11. The summed E-state index contributed by atoms with van der Waals surface area (Å²) >= 11 is 0. The van der Waals surface area contributed by atoms with Crippen molar-refractivity contribution in [2.45, 2.75) is 24.7 Å². The molecule has 13 rings (SSSR count). The van der Waals surface area contributed by atoms with Gasteiger partial charge in [-0.1, -0.05) is 97.1 Å². The first-order valence-corrected chi connectivity index (χ1v) is 23.7. The molecule has 0 bridgehead atoms. The fourth-order valence-corrected chi connectivity index (χ4v) is 11.3. The van der Waals surface area contributed by atoms with Gasteiger partial charge in [-0.15, -0.1) is 0 Å². The molecule has 14 heteroatoms. The van der Waals surface area contributed by atoms with Crippen LogP contribution in [0.25, 0.3) is 120 Å². The summed E-state index contributed by atoms with van der Waals surface area (Å²) in [7, 11) is 0. The minimum absolute atomic E-state index is 0.0397. The smallest absolute Gasteiger partial charge is 0.309 e. The van der Waals surface area contributed by atoms with Crippen LogP contribution in [0.2, 0.25) is 0 Å². The molecular formula is C62H32F12N2. The Labute approximate surface area is 421 Å². The van der Waals surface area contributed by atoms with Crippen LogP contribution in [0, 0.1) is 0 Å². The molecule has 0 aliphatic carbocycles. The third kappa shape index (κ3) is 7.36. The van der Waals surface area contributed by atoms with Crippen molar-refractivity contribution in [1.82, 2.24) is 9.13 Å². The Bertz CT molecular complexity index is 4140. The van der Waals surface area contributed by atoms with Crippen LogP contribution in [0.5, 0.6) is 0 Å². The van der Waals surface area contributed by atoms with E-state index in [4.69, 9.17) is 0 Å². The molecule has 2 nitrogen and oxygen atoms in total. The molecule has 0 amide bonds. The standard InChI is InChI=1S/C62H32F12N2/c63-59(64,65)35-15-23-53-47(27-35)48-28-36(60(66,67)68)16-24-54(48)75(53)39-20-22-46-51(31-39)57(43-13-5-9-33-7-1-3-11-41(33)43)45-21-19-40(32-52(45)58(46)44-14-6-10-34-8-2-4-12-42(34)44)76-55-25-17-37(61(69,70)71)29-49(55)50-30-38(62(72,73)74)18-26-56(50)76/h1-32H. The summed E-state index contributed by atoms with van der Waals surface area (Å²) in [5, 5.41) is 5.98. The van der Waals surface area contributed by atoms with Crippen molar-refractivity contribution in [3.8, 4) is 33.6 Å². The highest BCUT2D eigenvalue weighted by Gasteiger charge is 2.36. The molecule has 0 aliphatic rings. The van der Waals surface area contributed by atoms with Gasteiger partial charge in [-0.2, -0.15) is 52.7 Å². The molecule has 0 unspecified atom stereocenters. The number of nitrogens with zero attached hydrogens (tertiary/aromatic N) is 2. The Morgan fingerprint density at radius 1 is 0.237 bits per heavy atom. The van der Waals surface area contributed by atoms with Crippen LogP contribution >= 0.6 is 0 Å². The number of rotatable bonds is 4. The van der Waals surface area contributed by atoms with Crippen LogP contribution in [0.15, 0.2) is 194 Å². The van der Waals surface area contributed by atoms with Crippen molar-refractivity contribution in [3.63, 3.8) is 0 Å². The monoisotopic (exact) mass is 1030 g/mol. The largest absolute Gasteiger partial charge is 0.416 e. The maximum atomic E-state index is 14.3. The fraction of sp³-hybridized carbons (Fsp3) is 0.0645. The second kappa shape index (κ2) is 16.4. The highest BCUT2D eigenvalue weighted by Crippen LogP contribution is 2.50. The van der Waals surface area contributed by atoms with E-state index in [1.807, 2.05) is 109 Å². The summed E-state index contributed by atoms with van der Waals surface area (Å²) in [5.41, 5.74) is 0.570. The number of alkyl halides is 12. The van der Waals surface area contributed by atoms with Gasteiger partial charge in [-0.25, -0.2) is 0 Å². The van der Waals surface area contributed by atoms with E-state index >= 15 is 0 Å². The van der Waals surface area contributed by atoms with E-state index in [0.29, 0.717) is 44.0 Å². The van der Waals surface area contributed by atoms with E-state index in [2.05, 4.69) is 0 Å². The third-order valence-electron chi connectivity index (χ3n) is 14.6. The zero-order valence-corrected chi connectivity index (χ0v) is 38.9. The first kappa shape index (κ1) is 47.0. The fourth-order valence-electron chi connectivity index (χ4n) is 11.3. The second-order valence-corrected chi connectivity index (χ2v) is 18.9. The van der Waals surface area contributed by atoms with Gasteiger partial charge in [0.25, 0.3) is 0 Å². The van der Waals surface area contributed by atoms with E-state index < -0.39 is 47.0 Å². The Kier molecular flexibility index (Phi) is 10.1. The van der Waals surface area contributed by atoms with Crippen LogP contribution < -0.4 is 0 Å². The number of halogens is 12. The Balaban J connectivity index is 1.18. The molecule has 0 fully saturated rings. The summed E-state index contributed by atoms with van der Waals surface area (Å²) in [4.78, 5) is 0. The lowest BCUT2D eigenvalue weighted by atomic mass is 9.83. The highest BCUT2D eigenvalue weighted by atomic mass is 19.4. The van der Waals surface area contributed by atoms with Crippen molar-refractivity contribution in [2.24, 2.45) is 0 Å². The van der Waals surface area contributed by atoms with Gasteiger partial charge < -0.3 is 9.13 Å². The quantitative estimate of drug-likeness (QED) is 0.123. The molecule has 374 valence electrons. The topological polar surface area (TPSA) is 9.86 Å². The Morgan fingerprint density at radius 2 is 0.539 bits per heavy atom. The molecule has 76 heavy (non-hydrogen) atoms. The number of hydrogen-bond acceptors (Lipinski definition) is 0. The van der Waals surface area contributed by atoms with Gasteiger partial charge in [0.2, 0.25) is 0 Å². The van der Waals surface area contributed by atoms with Gasteiger partial charge in [0.15, 0.2) is 0 Å². The normalized spacial score (nSPS) is 13.0. The molecule has 13 aromatic rings. The summed E-state index contributed by atoms with van der Waals surface area (Å²) in [5.74, 6) is 0. The molecule has 0 spiro atoms. The van der Waals surface area contributed by atoms with Crippen LogP contribution in [-0.2, 0) is 24.7 Å². The summed E-state index contributed by atoms with van der Waals surface area (Å²) in [6.07, 6.45) is -19.2. The van der Waals surface area contributed by atoms with E-state index in [1.54, 1.807) is 21.3 Å². The molecule has 2 heterocycles.